The smallest absolute Gasteiger partial charge is 0.316 e. The number of carboxylic acids is 1. The van der Waals surface area contributed by atoms with Crippen molar-refractivity contribution in [2.24, 2.45) is 5.92 Å². The topological polar surface area (TPSA) is 66.4 Å². The molecule has 15 heavy (non-hydrogen) atoms. The molecule has 0 radical (unpaired) electrons. The monoisotopic (exact) mass is 209 g/mol. The molecule has 0 saturated heterocycles. The van der Waals surface area contributed by atoms with Gasteiger partial charge in [0, 0.05) is 0 Å². The summed E-state index contributed by atoms with van der Waals surface area (Å²) in [4.78, 5) is 22.0. The molecule has 0 aliphatic carbocycles. The van der Waals surface area contributed by atoms with Crippen molar-refractivity contribution in [3.8, 4) is 0 Å². The van der Waals surface area contributed by atoms with Crippen molar-refractivity contribution in [3.63, 3.8) is 0 Å². The van der Waals surface area contributed by atoms with Gasteiger partial charge >= 0.3 is 5.97 Å². The SMILES string of the molecule is O=C(O)C1Cc2cccc(F)c2NC1=O. The Balaban J connectivity index is 2.42. The van der Waals surface area contributed by atoms with Crippen LogP contribution in [0.3, 0.4) is 0 Å². The Morgan fingerprint density at radius 3 is 2.93 bits per heavy atom. The van der Waals surface area contributed by atoms with Crippen LogP contribution in [0.5, 0.6) is 0 Å². The molecule has 5 heteroatoms. The first-order chi connectivity index (χ1) is 7.09. The fraction of sp³-hybridized carbons (Fsp3) is 0.200. The predicted octanol–water partition coefficient (Wildman–Crippen LogP) is 1.02. The summed E-state index contributed by atoms with van der Waals surface area (Å²) >= 11 is 0. The average Bonchev–Trinajstić information content (AvgIpc) is 2.18. The molecule has 0 fully saturated rings. The number of carboxylic acid groups (broad SMARTS) is 1. The summed E-state index contributed by atoms with van der Waals surface area (Å²) in [6.45, 7) is 0. The first-order valence-corrected chi connectivity index (χ1v) is 4.40. The highest BCUT2D eigenvalue weighted by atomic mass is 19.1. The number of aliphatic carboxylic acids is 1. The zero-order chi connectivity index (χ0) is 11.0. The Kier molecular flexibility index (Phi) is 2.15. The van der Waals surface area contributed by atoms with Crippen LogP contribution in [0.4, 0.5) is 10.1 Å². The highest BCUT2D eigenvalue weighted by molar-refractivity contribution is 6.06. The molecule has 2 rings (SSSR count). The first kappa shape index (κ1) is 9.64. The lowest BCUT2D eigenvalue weighted by molar-refractivity contribution is -0.145. The largest absolute Gasteiger partial charge is 0.481 e. The third-order valence-electron chi connectivity index (χ3n) is 2.39. The molecule has 0 aromatic heterocycles. The van der Waals surface area contributed by atoms with Crippen molar-refractivity contribution in [1.29, 1.82) is 0 Å². The van der Waals surface area contributed by atoms with Crippen LogP contribution in [0.25, 0.3) is 0 Å². The summed E-state index contributed by atoms with van der Waals surface area (Å²) in [6, 6.07) is 4.32. The van der Waals surface area contributed by atoms with Gasteiger partial charge < -0.3 is 10.4 Å². The molecular formula is C10H8FNO3. The van der Waals surface area contributed by atoms with E-state index in [2.05, 4.69) is 5.32 Å². The number of rotatable bonds is 1. The molecule has 78 valence electrons. The summed E-state index contributed by atoms with van der Waals surface area (Å²) < 4.78 is 13.2. The lowest BCUT2D eigenvalue weighted by Crippen LogP contribution is -2.35. The predicted molar refractivity (Wildman–Crippen MR) is 49.9 cm³/mol. The molecule has 1 aromatic rings. The van der Waals surface area contributed by atoms with Crippen LogP contribution in [0.1, 0.15) is 5.56 Å². The summed E-state index contributed by atoms with van der Waals surface area (Å²) in [5, 5.41) is 11.0. The van der Waals surface area contributed by atoms with E-state index in [-0.39, 0.29) is 12.1 Å². The maximum Gasteiger partial charge on any atom is 0.316 e. The Labute approximate surface area is 84.7 Å². The normalized spacial score (nSPS) is 19.3. The number of carbonyl (C=O) groups is 2. The van der Waals surface area contributed by atoms with E-state index in [1.165, 1.54) is 12.1 Å². The molecule has 1 amide bonds. The van der Waals surface area contributed by atoms with Gasteiger partial charge in [0.05, 0.1) is 5.69 Å². The van der Waals surface area contributed by atoms with Gasteiger partial charge in [-0.1, -0.05) is 12.1 Å². The van der Waals surface area contributed by atoms with Crippen LogP contribution in [0, 0.1) is 11.7 Å². The molecule has 1 aliphatic rings. The van der Waals surface area contributed by atoms with Crippen LogP contribution >= 0.6 is 0 Å². The van der Waals surface area contributed by atoms with Crippen LogP contribution in [-0.2, 0) is 16.0 Å². The van der Waals surface area contributed by atoms with Crippen LogP contribution in [0.15, 0.2) is 18.2 Å². The summed E-state index contributed by atoms with van der Waals surface area (Å²) in [7, 11) is 0. The number of amides is 1. The second kappa shape index (κ2) is 3.34. The molecule has 1 aromatic carbocycles. The first-order valence-electron chi connectivity index (χ1n) is 4.40. The fourth-order valence-corrected chi connectivity index (χ4v) is 1.60. The van der Waals surface area contributed by atoms with Gasteiger partial charge in [-0.25, -0.2) is 4.39 Å². The molecular weight excluding hydrogens is 201 g/mol. The van der Waals surface area contributed by atoms with E-state index in [1.54, 1.807) is 6.07 Å². The van der Waals surface area contributed by atoms with Crippen molar-refractivity contribution < 1.29 is 19.1 Å². The van der Waals surface area contributed by atoms with E-state index in [0.717, 1.165) is 0 Å². The van der Waals surface area contributed by atoms with Gasteiger partial charge in [-0.3, -0.25) is 9.59 Å². The highest BCUT2D eigenvalue weighted by Gasteiger charge is 2.32. The van der Waals surface area contributed by atoms with Gasteiger partial charge in [0.1, 0.15) is 11.7 Å². The van der Waals surface area contributed by atoms with Crippen molar-refractivity contribution in [2.45, 2.75) is 6.42 Å². The number of halogens is 1. The summed E-state index contributed by atoms with van der Waals surface area (Å²) in [5.41, 5.74) is 0.613. The van der Waals surface area contributed by atoms with Gasteiger partial charge in [0.15, 0.2) is 0 Å². The number of nitrogens with one attached hydrogen (secondary N) is 1. The third-order valence-corrected chi connectivity index (χ3v) is 2.39. The van der Waals surface area contributed by atoms with Crippen LogP contribution < -0.4 is 5.32 Å². The highest BCUT2D eigenvalue weighted by Crippen LogP contribution is 2.27. The number of para-hydroxylation sites is 1. The van der Waals surface area contributed by atoms with Crippen molar-refractivity contribution in [2.75, 3.05) is 5.32 Å². The van der Waals surface area contributed by atoms with Crippen molar-refractivity contribution >= 4 is 17.6 Å². The molecule has 1 atom stereocenters. The van der Waals surface area contributed by atoms with Gasteiger partial charge in [-0.05, 0) is 18.1 Å². The third kappa shape index (κ3) is 1.56. The molecule has 1 aliphatic heterocycles. The minimum atomic E-state index is -1.19. The van der Waals surface area contributed by atoms with Gasteiger partial charge in [-0.2, -0.15) is 0 Å². The quantitative estimate of drug-likeness (QED) is 0.678. The van der Waals surface area contributed by atoms with E-state index < -0.39 is 23.6 Å². The molecule has 0 spiro atoms. The van der Waals surface area contributed by atoms with E-state index in [9.17, 15) is 14.0 Å². The summed E-state index contributed by atoms with van der Waals surface area (Å²) in [5.74, 6) is -3.52. The average molecular weight is 209 g/mol. The van der Waals surface area contributed by atoms with Crippen LogP contribution in [0.2, 0.25) is 0 Å². The Morgan fingerprint density at radius 1 is 1.53 bits per heavy atom. The zero-order valence-electron chi connectivity index (χ0n) is 7.66. The number of fused-ring (bicyclic) bond motifs is 1. The molecule has 4 nitrogen and oxygen atoms in total. The van der Waals surface area contributed by atoms with Crippen molar-refractivity contribution in [3.05, 3.63) is 29.6 Å². The lowest BCUT2D eigenvalue weighted by Gasteiger charge is -2.21. The number of anilines is 1. The fourth-order valence-electron chi connectivity index (χ4n) is 1.60. The van der Waals surface area contributed by atoms with E-state index in [1.807, 2.05) is 0 Å². The molecule has 2 N–H and O–H groups in total. The maximum absolute atomic E-state index is 13.2. The van der Waals surface area contributed by atoms with E-state index in [0.29, 0.717) is 5.56 Å². The number of benzene rings is 1. The molecule has 0 bridgehead atoms. The Bertz CT molecular complexity index is 444. The Morgan fingerprint density at radius 2 is 2.27 bits per heavy atom. The standard InChI is InChI=1S/C10H8FNO3/c11-7-3-1-2-5-4-6(10(14)15)9(13)12-8(5)7/h1-3,6H,4H2,(H,12,13)(H,14,15). The van der Waals surface area contributed by atoms with Gasteiger partial charge in [0.25, 0.3) is 0 Å². The Hall–Kier alpha value is -1.91. The lowest BCUT2D eigenvalue weighted by atomic mass is 9.93. The summed E-state index contributed by atoms with van der Waals surface area (Å²) in [6.07, 6.45) is 0.0360. The van der Waals surface area contributed by atoms with Crippen molar-refractivity contribution in [1.82, 2.24) is 0 Å². The molecule has 1 heterocycles. The molecule has 0 saturated carbocycles. The minimum absolute atomic E-state index is 0.0360. The van der Waals surface area contributed by atoms with Gasteiger partial charge in [-0.15, -0.1) is 0 Å². The zero-order valence-corrected chi connectivity index (χ0v) is 7.66. The maximum atomic E-state index is 13.2. The minimum Gasteiger partial charge on any atom is -0.481 e. The number of hydrogen-bond donors (Lipinski definition) is 2. The second-order valence-electron chi connectivity index (χ2n) is 3.36. The molecule has 1 unspecified atom stereocenters. The number of carbonyl (C=O) groups excluding carboxylic acids is 1. The second-order valence-corrected chi connectivity index (χ2v) is 3.36. The van der Waals surface area contributed by atoms with Crippen LogP contribution in [-0.4, -0.2) is 17.0 Å². The van der Waals surface area contributed by atoms with E-state index >= 15 is 0 Å². The van der Waals surface area contributed by atoms with E-state index in [4.69, 9.17) is 5.11 Å². The number of hydrogen-bond acceptors (Lipinski definition) is 2. The van der Waals surface area contributed by atoms with Gasteiger partial charge in [0.2, 0.25) is 5.91 Å².